The minimum absolute atomic E-state index is 0.0172. The Kier molecular flexibility index (Phi) is 8.92. The maximum absolute atomic E-state index is 13.7. The number of likely N-dealkylation sites (tertiary alicyclic amines) is 2. The fraction of sp³-hybridized carbons (Fsp3) is 0.441. The van der Waals surface area contributed by atoms with Gasteiger partial charge < -0.3 is 19.9 Å². The average molecular weight is 641 g/mol. The van der Waals surface area contributed by atoms with Crippen molar-refractivity contribution in [1.29, 1.82) is 0 Å². The van der Waals surface area contributed by atoms with Gasteiger partial charge in [-0.15, -0.1) is 11.8 Å². The summed E-state index contributed by atoms with van der Waals surface area (Å²) in [4.78, 5) is 42.1. The topological polar surface area (TPSA) is 120 Å². The molecule has 2 aromatic carbocycles. The maximum Gasteiger partial charge on any atom is 0.241 e. The van der Waals surface area contributed by atoms with E-state index in [0.29, 0.717) is 38.6 Å². The lowest BCUT2D eigenvalue weighted by Crippen LogP contribution is -2.46. The van der Waals surface area contributed by atoms with Gasteiger partial charge in [0.2, 0.25) is 11.8 Å². The number of aromatic amines is 1. The second-order valence-corrected chi connectivity index (χ2v) is 13.6. The summed E-state index contributed by atoms with van der Waals surface area (Å²) >= 11 is 1.58. The highest BCUT2D eigenvalue weighted by Crippen LogP contribution is 2.36. The van der Waals surface area contributed by atoms with E-state index in [2.05, 4.69) is 59.5 Å². The van der Waals surface area contributed by atoms with Crippen LogP contribution in [0.1, 0.15) is 30.7 Å². The molecule has 5 heterocycles. The highest BCUT2D eigenvalue weighted by molar-refractivity contribution is 8.00. The van der Waals surface area contributed by atoms with Crippen LogP contribution in [0.5, 0.6) is 0 Å². The van der Waals surface area contributed by atoms with Crippen molar-refractivity contribution in [3.8, 4) is 11.4 Å². The molecule has 11 nitrogen and oxygen atoms in total. The third-order valence-corrected chi connectivity index (χ3v) is 10.9. The average Bonchev–Trinajstić information content (AvgIpc) is 3.74. The van der Waals surface area contributed by atoms with Gasteiger partial charge in [-0.3, -0.25) is 19.6 Å². The number of H-pyrrole nitrogens is 1. The summed E-state index contributed by atoms with van der Waals surface area (Å²) in [5.41, 5.74) is 3.99. The molecule has 3 fully saturated rings. The Morgan fingerprint density at radius 3 is 2.52 bits per heavy atom. The van der Waals surface area contributed by atoms with E-state index in [1.807, 2.05) is 35.4 Å². The summed E-state index contributed by atoms with van der Waals surface area (Å²) in [6.45, 7) is 6.04. The van der Waals surface area contributed by atoms with Crippen LogP contribution in [0.3, 0.4) is 0 Å². The molecule has 0 saturated carbocycles. The zero-order valence-electron chi connectivity index (χ0n) is 26.2. The summed E-state index contributed by atoms with van der Waals surface area (Å²) in [5, 5.41) is 11.8. The number of fused-ring (bicyclic) bond motifs is 1. The first-order chi connectivity index (χ1) is 22.5. The molecule has 46 heavy (non-hydrogen) atoms. The molecule has 1 atom stereocenters. The van der Waals surface area contributed by atoms with E-state index >= 15 is 0 Å². The van der Waals surface area contributed by atoms with Crippen LogP contribution < -0.4 is 10.2 Å². The minimum atomic E-state index is -0.609. The Morgan fingerprint density at radius 2 is 1.78 bits per heavy atom. The molecular formula is C34H40N8O3S. The minimum Gasteiger partial charge on any atom is -0.378 e. The van der Waals surface area contributed by atoms with Gasteiger partial charge in [-0.1, -0.05) is 24.3 Å². The summed E-state index contributed by atoms with van der Waals surface area (Å²) in [6, 6.07) is 16.2. The van der Waals surface area contributed by atoms with Crippen molar-refractivity contribution in [2.75, 3.05) is 75.5 Å². The highest BCUT2D eigenvalue weighted by Gasteiger charge is 2.45. The van der Waals surface area contributed by atoms with Crippen molar-refractivity contribution in [3.05, 3.63) is 66.5 Å². The number of hydrogen-bond acceptors (Lipinski definition) is 9. The molecule has 2 amide bonds. The van der Waals surface area contributed by atoms with E-state index in [0.717, 1.165) is 79.4 Å². The fourth-order valence-corrected chi connectivity index (χ4v) is 7.73. The van der Waals surface area contributed by atoms with Gasteiger partial charge in [0, 0.05) is 68.3 Å². The van der Waals surface area contributed by atoms with Crippen LogP contribution in [0.15, 0.2) is 60.9 Å². The van der Waals surface area contributed by atoms with Crippen LogP contribution in [0.25, 0.3) is 22.3 Å². The second kappa shape index (κ2) is 13.4. The Morgan fingerprint density at radius 1 is 1.02 bits per heavy atom. The van der Waals surface area contributed by atoms with Crippen molar-refractivity contribution in [2.24, 2.45) is 0 Å². The zero-order valence-corrected chi connectivity index (χ0v) is 27.0. The van der Waals surface area contributed by atoms with E-state index in [4.69, 9.17) is 4.74 Å². The summed E-state index contributed by atoms with van der Waals surface area (Å²) in [5.74, 6) is 2.18. The molecule has 7 rings (SSSR count). The summed E-state index contributed by atoms with van der Waals surface area (Å²) in [7, 11) is 0. The fourth-order valence-electron chi connectivity index (χ4n) is 6.88. The number of rotatable bonds is 8. The summed E-state index contributed by atoms with van der Waals surface area (Å²) in [6.07, 6.45) is 8.09. The van der Waals surface area contributed by atoms with Gasteiger partial charge in [0.05, 0.1) is 25.3 Å². The van der Waals surface area contributed by atoms with Gasteiger partial charge in [-0.2, -0.15) is 5.10 Å². The molecule has 4 aromatic rings. The first-order valence-corrected chi connectivity index (χ1v) is 17.3. The van der Waals surface area contributed by atoms with Gasteiger partial charge in [0.1, 0.15) is 4.75 Å². The molecule has 240 valence electrons. The van der Waals surface area contributed by atoms with Crippen LogP contribution in [-0.2, 0) is 14.3 Å². The number of carbonyl (C=O) groups excluding carboxylic acids is 2. The number of nitrogens with one attached hydrogen (secondary N) is 2. The quantitative estimate of drug-likeness (QED) is 0.295. The molecule has 3 saturated heterocycles. The van der Waals surface area contributed by atoms with E-state index < -0.39 is 4.75 Å². The number of piperidine rings is 1. The van der Waals surface area contributed by atoms with Crippen molar-refractivity contribution < 1.29 is 14.3 Å². The van der Waals surface area contributed by atoms with Crippen molar-refractivity contribution in [1.82, 2.24) is 30.0 Å². The lowest BCUT2D eigenvalue weighted by Gasteiger charge is -2.33. The van der Waals surface area contributed by atoms with Crippen LogP contribution in [0, 0.1) is 0 Å². The van der Waals surface area contributed by atoms with Gasteiger partial charge in [-0.25, -0.2) is 9.97 Å². The van der Waals surface area contributed by atoms with E-state index in [9.17, 15) is 9.59 Å². The molecule has 0 unspecified atom stereocenters. The van der Waals surface area contributed by atoms with Crippen LogP contribution in [0.4, 0.5) is 11.5 Å². The van der Waals surface area contributed by atoms with Gasteiger partial charge in [-0.05, 0) is 61.3 Å². The van der Waals surface area contributed by atoms with Crippen molar-refractivity contribution in [2.45, 2.75) is 29.9 Å². The van der Waals surface area contributed by atoms with Crippen LogP contribution >= 0.6 is 11.8 Å². The number of morpholine rings is 1. The predicted octanol–water partition coefficient (Wildman–Crippen LogP) is 4.01. The third-order valence-electron chi connectivity index (χ3n) is 9.64. The number of aromatic nitrogens is 4. The first kappa shape index (κ1) is 30.6. The zero-order chi connectivity index (χ0) is 31.5. The molecule has 0 aliphatic carbocycles. The predicted molar refractivity (Wildman–Crippen MR) is 181 cm³/mol. The number of thioether (sulfide) groups is 1. The maximum atomic E-state index is 13.7. The van der Waals surface area contributed by atoms with E-state index in [1.165, 1.54) is 5.56 Å². The van der Waals surface area contributed by atoms with Gasteiger partial charge in [0.15, 0.2) is 11.6 Å². The van der Waals surface area contributed by atoms with Crippen LogP contribution in [0.2, 0.25) is 0 Å². The van der Waals surface area contributed by atoms with Crippen molar-refractivity contribution in [3.63, 3.8) is 0 Å². The molecule has 12 heteroatoms. The molecule has 0 spiro atoms. The molecule has 3 aliphatic heterocycles. The van der Waals surface area contributed by atoms with Crippen molar-refractivity contribution >= 4 is 46.0 Å². The first-order valence-electron chi connectivity index (χ1n) is 16.1. The molecule has 2 aromatic heterocycles. The Balaban J connectivity index is 0.926. The SMILES string of the molecule is CS[C@@]1(C(=O)Nc2ccc3[nH]nc(N4CCOCC4)c3c2)CCN(CC(=O)N2CCC(c3ccc(-c4ncccn4)cc3)CC2)C1. The van der Waals surface area contributed by atoms with E-state index in [-0.39, 0.29) is 11.8 Å². The number of hydrogen-bond donors (Lipinski definition) is 2. The number of benzene rings is 2. The number of carbonyl (C=O) groups is 2. The Bertz CT molecular complexity index is 1670. The number of ether oxygens (including phenoxy) is 1. The number of amides is 2. The number of anilines is 2. The third kappa shape index (κ3) is 6.33. The lowest BCUT2D eigenvalue weighted by atomic mass is 9.89. The Hall–Kier alpha value is -4.00. The monoisotopic (exact) mass is 640 g/mol. The smallest absolute Gasteiger partial charge is 0.241 e. The standard InChI is InChI=1S/C34H40N8O3S/c1-46-34(33(44)37-27-7-8-29-28(21-27)32(39-38-29)42-17-19-45-20-18-42)11-16-40(23-34)22-30(43)41-14-9-25(10-15-41)24-3-5-26(6-4-24)31-35-12-2-13-36-31/h2-8,12-13,21,25H,9-11,14-20,22-23H2,1H3,(H,37,44)(H,38,39)/t34-/m0/s1. The number of nitrogens with zero attached hydrogens (tertiary/aromatic N) is 6. The molecular weight excluding hydrogens is 600 g/mol. The second-order valence-electron chi connectivity index (χ2n) is 12.4. The molecule has 3 aliphatic rings. The normalized spacial score (nSPS) is 21.2. The van der Waals surface area contributed by atoms with Gasteiger partial charge in [0.25, 0.3) is 0 Å². The molecule has 0 bridgehead atoms. The van der Waals surface area contributed by atoms with Gasteiger partial charge >= 0.3 is 0 Å². The lowest BCUT2D eigenvalue weighted by molar-refractivity contribution is -0.133. The molecule has 2 N–H and O–H groups in total. The summed E-state index contributed by atoms with van der Waals surface area (Å²) < 4.78 is 4.89. The highest BCUT2D eigenvalue weighted by atomic mass is 32.2. The largest absolute Gasteiger partial charge is 0.378 e. The molecule has 0 radical (unpaired) electrons. The Labute approximate surface area is 273 Å². The van der Waals surface area contributed by atoms with Crippen LogP contribution in [-0.4, -0.2) is 112 Å². The van der Waals surface area contributed by atoms with E-state index in [1.54, 1.807) is 24.2 Å².